The number of nitrogens with one attached hydrogen (secondary N) is 1. The lowest BCUT2D eigenvalue weighted by atomic mass is 9.97. The lowest BCUT2D eigenvalue weighted by Gasteiger charge is -2.30. The average Bonchev–Trinajstić information content (AvgIpc) is 2.74. The highest BCUT2D eigenvalue weighted by atomic mass is 32.2. The summed E-state index contributed by atoms with van der Waals surface area (Å²) < 4.78 is 33.6. The molecule has 0 saturated carbocycles. The van der Waals surface area contributed by atoms with E-state index in [0.29, 0.717) is 36.9 Å². The molecule has 0 unspecified atom stereocenters. The van der Waals surface area contributed by atoms with Crippen LogP contribution in [0.4, 0.5) is 0 Å². The number of carbonyl (C=O) groups excluding carboxylic acids is 1. The third-order valence-corrected chi connectivity index (χ3v) is 7.36. The molecule has 29 heavy (non-hydrogen) atoms. The molecule has 0 atom stereocenters. The van der Waals surface area contributed by atoms with Crippen LogP contribution < -0.4 is 9.46 Å². The lowest BCUT2D eigenvalue weighted by Crippen LogP contribution is -2.38. The first-order valence-electron chi connectivity index (χ1n) is 10.6. The Morgan fingerprint density at radius 2 is 2.00 bits per heavy atom. The molecule has 3 rings (SSSR count). The second kappa shape index (κ2) is 9.76. The van der Waals surface area contributed by atoms with Crippen molar-refractivity contribution in [3.8, 4) is 5.75 Å². The van der Waals surface area contributed by atoms with E-state index < -0.39 is 10.0 Å². The summed E-state index contributed by atoms with van der Waals surface area (Å²) in [5.41, 5.74) is 1.63. The quantitative estimate of drug-likeness (QED) is 0.682. The number of rotatable bonds is 7. The molecule has 2 aliphatic rings. The van der Waals surface area contributed by atoms with Crippen LogP contribution in [0.3, 0.4) is 0 Å². The molecule has 7 heteroatoms. The normalized spacial score (nSPS) is 18.4. The van der Waals surface area contributed by atoms with Gasteiger partial charge in [-0.25, -0.2) is 13.1 Å². The van der Waals surface area contributed by atoms with E-state index >= 15 is 0 Å². The molecule has 1 saturated heterocycles. The molecule has 0 spiro atoms. The maximum Gasteiger partial charge on any atom is 0.257 e. The van der Waals surface area contributed by atoms with E-state index in [1.165, 1.54) is 37.7 Å². The monoisotopic (exact) mass is 420 g/mol. The fourth-order valence-electron chi connectivity index (χ4n) is 3.96. The van der Waals surface area contributed by atoms with E-state index in [1.807, 2.05) is 0 Å². The van der Waals surface area contributed by atoms with E-state index in [1.54, 1.807) is 11.0 Å². The van der Waals surface area contributed by atoms with Crippen LogP contribution in [-0.2, 0) is 10.0 Å². The number of hydrogen-bond acceptors (Lipinski definition) is 4. The van der Waals surface area contributed by atoms with Gasteiger partial charge in [-0.05, 0) is 69.1 Å². The summed E-state index contributed by atoms with van der Waals surface area (Å²) in [6, 6.07) is 4.51. The molecular formula is C22H32N2O4S. The summed E-state index contributed by atoms with van der Waals surface area (Å²) in [5, 5.41) is 0. The van der Waals surface area contributed by atoms with Crippen LogP contribution >= 0.6 is 0 Å². The Morgan fingerprint density at radius 1 is 1.24 bits per heavy atom. The van der Waals surface area contributed by atoms with E-state index in [0.717, 1.165) is 32.1 Å². The maximum absolute atomic E-state index is 13.0. The van der Waals surface area contributed by atoms with Crippen LogP contribution in [0.1, 0.15) is 62.2 Å². The minimum Gasteiger partial charge on any atom is -0.496 e. The third kappa shape index (κ3) is 5.60. The SMILES string of the molecule is COc1ccc(S(=O)(=O)NCCC2=CCCCC2)cc1C(=O)N1CCC(C)CC1. The zero-order valence-electron chi connectivity index (χ0n) is 17.4. The topological polar surface area (TPSA) is 75.7 Å². The Bertz CT molecular complexity index is 856. The van der Waals surface area contributed by atoms with Gasteiger partial charge in [-0.2, -0.15) is 0 Å². The van der Waals surface area contributed by atoms with Gasteiger partial charge in [0.15, 0.2) is 0 Å². The van der Waals surface area contributed by atoms with Crippen molar-refractivity contribution in [3.63, 3.8) is 0 Å². The van der Waals surface area contributed by atoms with E-state index in [2.05, 4.69) is 17.7 Å². The first kappa shape index (κ1) is 21.8. The molecule has 1 aliphatic carbocycles. The van der Waals surface area contributed by atoms with E-state index in [-0.39, 0.29) is 10.8 Å². The predicted octanol–water partition coefficient (Wildman–Crippen LogP) is 3.74. The number of amides is 1. The molecule has 1 amide bonds. The Hall–Kier alpha value is -1.86. The number of likely N-dealkylation sites (tertiary alicyclic amines) is 1. The van der Waals surface area contributed by atoms with Crippen LogP contribution in [0.2, 0.25) is 0 Å². The van der Waals surface area contributed by atoms with Crippen molar-refractivity contribution >= 4 is 15.9 Å². The van der Waals surface area contributed by atoms with Crippen LogP contribution in [0, 0.1) is 5.92 Å². The van der Waals surface area contributed by atoms with Crippen molar-refractivity contribution in [1.29, 1.82) is 0 Å². The molecule has 1 aromatic carbocycles. The van der Waals surface area contributed by atoms with Gasteiger partial charge in [0, 0.05) is 19.6 Å². The summed E-state index contributed by atoms with van der Waals surface area (Å²) in [5.74, 6) is 0.842. The second-order valence-electron chi connectivity index (χ2n) is 8.09. The Balaban J connectivity index is 1.72. The fourth-order valence-corrected chi connectivity index (χ4v) is 5.02. The van der Waals surface area contributed by atoms with E-state index in [9.17, 15) is 13.2 Å². The number of ether oxygens (including phenoxy) is 1. The van der Waals surface area contributed by atoms with Gasteiger partial charge in [-0.1, -0.05) is 18.6 Å². The summed E-state index contributed by atoms with van der Waals surface area (Å²) in [6.45, 7) is 3.93. The molecule has 6 nitrogen and oxygen atoms in total. The van der Waals surface area contributed by atoms with Crippen molar-refractivity contribution < 1.29 is 17.9 Å². The molecular weight excluding hydrogens is 388 g/mol. The number of benzene rings is 1. The van der Waals surface area contributed by atoms with Gasteiger partial charge in [0.05, 0.1) is 17.6 Å². The van der Waals surface area contributed by atoms with Crippen molar-refractivity contribution in [1.82, 2.24) is 9.62 Å². The zero-order valence-corrected chi connectivity index (χ0v) is 18.3. The maximum atomic E-state index is 13.0. The third-order valence-electron chi connectivity index (χ3n) is 5.91. The van der Waals surface area contributed by atoms with Gasteiger partial charge < -0.3 is 9.64 Å². The standard InChI is InChI=1S/C22H32N2O4S/c1-17-11-14-24(15-12-17)22(25)20-16-19(8-9-21(20)28-2)29(26,27)23-13-10-18-6-4-3-5-7-18/h6,8-9,16-17,23H,3-5,7,10-15H2,1-2H3. The summed E-state index contributed by atoms with van der Waals surface area (Å²) >= 11 is 0. The molecule has 0 bridgehead atoms. The summed E-state index contributed by atoms with van der Waals surface area (Å²) in [6.07, 6.45) is 9.41. The lowest BCUT2D eigenvalue weighted by molar-refractivity contribution is 0.0693. The fraction of sp³-hybridized carbons (Fsp3) is 0.591. The second-order valence-corrected chi connectivity index (χ2v) is 9.86. The van der Waals surface area contributed by atoms with Crippen LogP contribution in [0.5, 0.6) is 5.75 Å². The molecule has 0 radical (unpaired) electrons. The van der Waals surface area contributed by atoms with Crippen molar-refractivity contribution in [3.05, 3.63) is 35.4 Å². The molecule has 1 heterocycles. The zero-order chi connectivity index (χ0) is 20.9. The molecule has 1 N–H and O–H groups in total. The Morgan fingerprint density at radius 3 is 2.66 bits per heavy atom. The summed E-state index contributed by atoms with van der Waals surface area (Å²) in [7, 11) is -2.19. The molecule has 0 aromatic heterocycles. The van der Waals surface area contributed by atoms with Gasteiger partial charge in [0.2, 0.25) is 10.0 Å². The molecule has 1 aliphatic heterocycles. The van der Waals surface area contributed by atoms with Gasteiger partial charge in [0.1, 0.15) is 5.75 Å². The van der Waals surface area contributed by atoms with Crippen LogP contribution in [0.25, 0.3) is 0 Å². The average molecular weight is 421 g/mol. The highest BCUT2D eigenvalue weighted by Gasteiger charge is 2.26. The highest BCUT2D eigenvalue weighted by Crippen LogP contribution is 2.26. The van der Waals surface area contributed by atoms with Gasteiger partial charge in [-0.3, -0.25) is 4.79 Å². The number of carbonyl (C=O) groups is 1. The van der Waals surface area contributed by atoms with Gasteiger partial charge in [-0.15, -0.1) is 0 Å². The van der Waals surface area contributed by atoms with Gasteiger partial charge >= 0.3 is 0 Å². The van der Waals surface area contributed by atoms with Crippen LogP contribution in [-0.4, -0.2) is 46.0 Å². The number of piperidine rings is 1. The van der Waals surface area contributed by atoms with Crippen molar-refractivity contribution in [2.45, 2.75) is 56.8 Å². The molecule has 1 fully saturated rings. The number of methoxy groups -OCH3 is 1. The first-order chi connectivity index (χ1) is 13.9. The van der Waals surface area contributed by atoms with Crippen molar-refractivity contribution in [2.75, 3.05) is 26.7 Å². The number of nitrogens with zero attached hydrogens (tertiary/aromatic N) is 1. The highest BCUT2D eigenvalue weighted by molar-refractivity contribution is 7.89. The number of hydrogen-bond donors (Lipinski definition) is 1. The number of allylic oxidation sites excluding steroid dienone is 1. The minimum absolute atomic E-state index is 0.102. The largest absolute Gasteiger partial charge is 0.496 e. The molecule has 1 aromatic rings. The van der Waals surface area contributed by atoms with Crippen LogP contribution in [0.15, 0.2) is 34.7 Å². The Labute approximate surface area is 174 Å². The van der Waals surface area contributed by atoms with Crippen molar-refractivity contribution in [2.24, 2.45) is 5.92 Å². The Kier molecular flexibility index (Phi) is 7.35. The molecule has 160 valence electrons. The summed E-state index contributed by atoms with van der Waals surface area (Å²) in [4.78, 5) is 14.9. The minimum atomic E-state index is -3.69. The van der Waals surface area contributed by atoms with Gasteiger partial charge in [0.25, 0.3) is 5.91 Å². The van der Waals surface area contributed by atoms with E-state index in [4.69, 9.17) is 4.74 Å². The smallest absolute Gasteiger partial charge is 0.257 e. The number of sulfonamides is 1. The first-order valence-corrected chi connectivity index (χ1v) is 12.0. The predicted molar refractivity (Wildman–Crippen MR) is 114 cm³/mol.